The van der Waals surface area contributed by atoms with Crippen LogP contribution in [0.3, 0.4) is 0 Å². The average Bonchev–Trinajstić information content (AvgIpc) is 3.14. The number of ether oxygens (including phenoxy) is 1. The van der Waals surface area contributed by atoms with Crippen molar-refractivity contribution >= 4 is 21.4 Å². The Labute approximate surface area is 118 Å². The Bertz CT molecular complexity index is 546. The number of rotatable bonds is 6. The van der Waals surface area contributed by atoms with Gasteiger partial charge in [0.2, 0.25) is 0 Å². The molecule has 0 amide bonds. The smallest absolute Gasteiger partial charge is 0.0794 e. The first-order valence-electron chi connectivity index (χ1n) is 7.07. The lowest BCUT2D eigenvalue weighted by Gasteiger charge is -2.27. The second-order valence-electron chi connectivity index (χ2n) is 5.26. The van der Waals surface area contributed by atoms with Crippen molar-refractivity contribution in [3.63, 3.8) is 0 Å². The highest BCUT2D eigenvalue weighted by atomic mass is 32.1. The number of methoxy groups -OCH3 is 1. The average molecular weight is 275 g/mol. The summed E-state index contributed by atoms with van der Waals surface area (Å²) in [7, 11) is 1.85. The summed E-state index contributed by atoms with van der Waals surface area (Å²) in [5.74, 6) is 0.726. The van der Waals surface area contributed by atoms with E-state index in [4.69, 9.17) is 4.74 Å². The van der Waals surface area contributed by atoms with E-state index >= 15 is 0 Å². The van der Waals surface area contributed by atoms with Crippen LogP contribution in [-0.2, 0) is 4.74 Å². The summed E-state index contributed by atoms with van der Waals surface area (Å²) in [6, 6.07) is 9.11. The summed E-state index contributed by atoms with van der Waals surface area (Å²) in [6.45, 7) is 3.14. The second-order valence-corrected chi connectivity index (χ2v) is 6.18. The van der Waals surface area contributed by atoms with Crippen LogP contribution in [0.25, 0.3) is 10.1 Å². The molecule has 0 spiro atoms. The largest absolute Gasteiger partial charge is 0.379 e. The topological polar surface area (TPSA) is 21.3 Å². The number of hydrogen-bond acceptors (Lipinski definition) is 3. The first-order chi connectivity index (χ1) is 9.35. The molecule has 19 heavy (non-hydrogen) atoms. The fourth-order valence-electron chi connectivity index (χ4n) is 2.91. The molecule has 0 aliphatic heterocycles. The second kappa shape index (κ2) is 5.61. The van der Waals surface area contributed by atoms with Gasteiger partial charge in [0, 0.05) is 11.8 Å². The van der Waals surface area contributed by atoms with Gasteiger partial charge in [0.1, 0.15) is 0 Å². The molecule has 1 aromatic heterocycles. The lowest BCUT2D eigenvalue weighted by molar-refractivity contribution is 0.0516. The van der Waals surface area contributed by atoms with E-state index in [1.54, 1.807) is 0 Å². The van der Waals surface area contributed by atoms with Crippen molar-refractivity contribution in [3.05, 3.63) is 35.2 Å². The molecular formula is C16H21NOS. The van der Waals surface area contributed by atoms with Gasteiger partial charge in [0.05, 0.1) is 12.1 Å². The van der Waals surface area contributed by atoms with Gasteiger partial charge < -0.3 is 10.1 Å². The van der Waals surface area contributed by atoms with Gasteiger partial charge in [0.25, 0.3) is 0 Å². The Morgan fingerprint density at radius 3 is 2.89 bits per heavy atom. The van der Waals surface area contributed by atoms with Crippen molar-refractivity contribution in [2.45, 2.75) is 31.9 Å². The van der Waals surface area contributed by atoms with Crippen molar-refractivity contribution < 1.29 is 4.74 Å². The molecule has 102 valence electrons. The molecule has 1 aromatic carbocycles. The summed E-state index contributed by atoms with van der Waals surface area (Å²) >= 11 is 1.83. The molecule has 1 heterocycles. The van der Waals surface area contributed by atoms with E-state index in [9.17, 15) is 0 Å². The van der Waals surface area contributed by atoms with Crippen molar-refractivity contribution in [3.8, 4) is 0 Å². The maximum absolute atomic E-state index is 5.81. The van der Waals surface area contributed by atoms with E-state index in [1.165, 1.54) is 28.5 Å². The van der Waals surface area contributed by atoms with Crippen molar-refractivity contribution in [2.75, 3.05) is 13.7 Å². The number of likely N-dealkylation sites (N-methyl/N-ethyl adjacent to an activating group) is 1. The summed E-state index contributed by atoms with van der Waals surface area (Å²) in [4.78, 5) is 0. The molecule has 2 unspecified atom stereocenters. The molecule has 0 bridgehead atoms. The standard InChI is InChI=1S/C16H21NOS/c1-3-17-14(15(18-2)11-7-8-11)13-6-4-5-12-9-10-19-16(12)13/h4-6,9-11,14-15,17H,3,7-8H2,1-2H3. The highest BCUT2D eigenvalue weighted by Gasteiger charge is 2.37. The van der Waals surface area contributed by atoms with Crippen LogP contribution in [0.4, 0.5) is 0 Å². The zero-order valence-electron chi connectivity index (χ0n) is 11.6. The Morgan fingerprint density at radius 1 is 1.37 bits per heavy atom. The minimum absolute atomic E-state index is 0.299. The lowest BCUT2D eigenvalue weighted by atomic mass is 9.97. The normalized spacial score (nSPS) is 18.6. The van der Waals surface area contributed by atoms with Crippen molar-refractivity contribution in [1.82, 2.24) is 5.32 Å². The minimum atomic E-state index is 0.299. The van der Waals surface area contributed by atoms with Crippen molar-refractivity contribution in [2.24, 2.45) is 5.92 Å². The third-order valence-corrected chi connectivity index (χ3v) is 4.94. The van der Waals surface area contributed by atoms with Crippen LogP contribution in [0.5, 0.6) is 0 Å². The third kappa shape index (κ3) is 2.55. The Balaban J connectivity index is 2.00. The van der Waals surface area contributed by atoms with Gasteiger partial charge in [0.15, 0.2) is 0 Å². The van der Waals surface area contributed by atoms with Gasteiger partial charge in [-0.15, -0.1) is 11.3 Å². The number of hydrogen-bond donors (Lipinski definition) is 1. The highest BCUT2D eigenvalue weighted by molar-refractivity contribution is 7.17. The van der Waals surface area contributed by atoms with Gasteiger partial charge >= 0.3 is 0 Å². The van der Waals surface area contributed by atoms with E-state index in [2.05, 4.69) is 41.9 Å². The molecule has 0 radical (unpaired) electrons. The van der Waals surface area contributed by atoms with E-state index in [0.717, 1.165) is 12.5 Å². The molecule has 3 heteroatoms. The summed E-state index contributed by atoms with van der Waals surface area (Å²) in [5, 5.41) is 7.16. The molecule has 2 nitrogen and oxygen atoms in total. The molecule has 1 aliphatic carbocycles. The van der Waals surface area contributed by atoms with Gasteiger partial charge in [-0.05, 0) is 47.7 Å². The van der Waals surface area contributed by atoms with Crippen LogP contribution < -0.4 is 5.32 Å². The lowest BCUT2D eigenvalue weighted by Crippen LogP contribution is -2.34. The molecule has 3 rings (SSSR count). The predicted molar refractivity (Wildman–Crippen MR) is 81.8 cm³/mol. The molecular weight excluding hydrogens is 254 g/mol. The van der Waals surface area contributed by atoms with E-state index in [0.29, 0.717) is 12.1 Å². The number of thiophene rings is 1. The first-order valence-corrected chi connectivity index (χ1v) is 7.95. The maximum Gasteiger partial charge on any atom is 0.0794 e. The fraction of sp³-hybridized carbons (Fsp3) is 0.500. The molecule has 2 atom stereocenters. The van der Waals surface area contributed by atoms with Gasteiger partial charge in [-0.2, -0.15) is 0 Å². The quantitative estimate of drug-likeness (QED) is 0.861. The number of nitrogens with one attached hydrogen (secondary N) is 1. The molecule has 1 fully saturated rings. The van der Waals surface area contributed by atoms with Crippen LogP contribution in [0.2, 0.25) is 0 Å². The summed E-state index contributed by atoms with van der Waals surface area (Å²) in [6.07, 6.45) is 2.91. The Hall–Kier alpha value is -0.900. The van der Waals surface area contributed by atoms with E-state index < -0.39 is 0 Å². The predicted octanol–water partition coefficient (Wildman–Crippen LogP) is 3.98. The van der Waals surface area contributed by atoms with Crippen molar-refractivity contribution in [1.29, 1.82) is 0 Å². The van der Waals surface area contributed by atoms with Crippen LogP contribution in [0.15, 0.2) is 29.6 Å². The Kier molecular flexibility index (Phi) is 3.87. The van der Waals surface area contributed by atoms with E-state index in [-0.39, 0.29) is 0 Å². The van der Waals surface area contributed by atoms with Gasteiger partial charge in [-0.3, -0.25) is 0 Å². The van der Waals surface area contributed by atoms with E-state index in [1.807, 2.05) is 18.4 Å². The van der Waals surface area contributed by atoms with Crippen LogP contribution in [0, 0.1) is 5.92 Å². The van der Waals surface area contributed by atoms with Gasteiger partial charge in [-0.1, -0.05) is 25.1 Å². The number of benzene rings is 1. The summed E-state index contributed by atoms with van der Waals surface area (Å²) < 4.78 is 7.21. The molecule has 0 saturated heterocycles. The highest BCUT2D eigenvalue weighted by Crippen LogP contribution is 2.41. The van der Waals surface area contributed by atoms with Crippen LogP contribution in [0.1, 0.15) is 31.4 Å². The fourth-order valence-corrected chi connectivity index (χ4v) is 3.86. The third-order valence-electron chi connectivity index (χ3n) is 3.96. The summed E-state index contributed by atoms with van der Waals surface area (Å²) in [5.41, 5.74) is 1.40. The molecule has 1 aliphatic rings. The minimum Gasteiger partial charge on any atom is -0.379 e. The zero-order chi connectivity index (χ0) is 13.2. The maximum atomic E-state index is 5.81. The monoisotopic (exact) mass is 275 g/mol. The van der Waals surface area contributed by atoms with Gasteiger partial charge in [-0.25, -0.2) is 0 Å². The first kappa shape index (κ1) is 13.1. The SMILES string of the molecule is CCNC(c1cccc2ccsc12)C(OC)C1CC1. The Morgan fingerprint density at radius 2 is 2.21 bits per heavy atom. The molecule has 1 saturated carbocycles. The number of fused-ring (bicyclic) bond motifs is 1. The van der Waals surface area contributed by atoms with Crippen LogP contribution in [-0.4, -0.2) is 19.8 Å². The van der Waals surface area contributed by atoms with Crippen LogP contribution >= 0.6 is 11.3 Å². The molecule has 1 N–H and O–H groups in total. The zero-order valence-corrected chi connectivity index (χ0v) is 12.4. The molecule has 2 aromatic rings.